The first-order valence-corrected chi connectivity index (χ1v) is 7.43. The summed E-state index contributed by atoms with van der Waals surface area (Å²) < 4.78 is 1.98. The average molecular weight is 323 g/mol. The SMILES string of the molecule is Cc1cc(-c2n[nH]c(=S)n2N=Cc2c[nH]c3ccccc23)n[nH]1. The standard InChI is InChI=1S/C15H13N7S/c1-9-6-13(19-18-9)14-20-21-15(23)22(14)17-8-10-7-16-12-5-3-2-4-11(10)12/h2-8,16H,1H3,(H,18,19)(H,21,23). The van der Waals surface area contributed by atoms with Crippen molar-refractivity contribution < 1.29 is 0 Å². The van der Waals surface area contributed by atoms with Crippen LogP contribution >= 0.6 is 12.2 Å². The smallest absolute Gasteiger partial charge is 0.216 e. The molecule has 0 radical (unpaired) electrons. The van der Waals surface area contributed by atoms with Gasteiger partial charge in [0.05, 0.1) is 6.21 Å². The van der Waals surface area contributed by atoms with Gasteiger partial charge < -0.3 is 4.98 Å². The van der Waals surface area contributed by atoms with E-state index >= 15 is 0 Å². The molecule has 0 fully saturated rings. The Morgan fingerprint density at radius 1 is 1.22 bits per heavy atom. The van der Waals surface area contributed by atoms with Crippen molar-refractivity contribution in [2.24, 2.45) is 5.10 Å². The third kappa shape index (κ3) is 2.38. The maximum atomic E-state index is 5.26. The van der Waals surface area contributed by atoms with E-state index < -0.39 is 0 Å². The lowest BCUT2D eigenvalue weighted by Gasteiger charge is -1.96. The van der Waals surface area contributed by atoms with Gasteiger partial charge in [-0.05, 0) is 31.3 Å². The highest BCUT2D eigenvalue weighted by Crippen LogP contribution is 2.17. The molecular formula is C15H13N7S. The predicted molar refractivity (Wildman–Crippen MR) is 91.0 cm³/mol. The maximum Gasteiger partial charge on any atom is 0.216 e. The van der Waals surface area contributed by atoms with E-state index in [0.717, 1.165) is 22.2 Å². The molecule has 0 aliphatic rings. The van der Waals surface area contributed by atoms with Crippen LogP contribution in [0.1, 0.15) is 11.3 Å². The van der Waals surface area contributed by atoms with E-state index in [0.29, 0.717) is 16.3 Å². The number of aryl methyl sites for hydroxylation is 1. The van der Waals surface area contributed by atoms with Crippen LogP contribution in [0.15, 0.2) is 41.6 Å². The summed E-state index contributed by atoms with van der Waals surface area (Å²) in [5, 5.41) is 19.6. The molecule has 8 heteroatoms. The second-order valence-corrected chi connectivity index (χ2v) is 5.52. The molecule has 0 aliphatic heterocycles. The van der Waals surface area contributed by atoms with E-state index in [9.17, 15) is 0 Å². The minimum absolute atomic E-state index is 0.414. The van der Waals surface area contributed by atoms with Crippen LogP contribution in [0.25, 0.3) is 22.4 Å². The number of rotatable bonds is 3. The fourth-order valence-corrected chi connectivity index (χ4v) is 2.60. The molecule has 0 atom stereocenters. The molecule has 23 heavy (non-hydrogen) atoms. The van der Waals surface area contributed by atoms with Gasteiger partial charge in [-0.25, -0.2) is 5.10 Å². The summed E-state index contributed by atoms with van der Waals surface area (Å²) in [4.78, 5) is 3.22. The minimum Gasteiger partial charge on any atom is -0.361 e. The molecule has 0 bridgehead atoms. The minimum atomic E-state index is 0.414. The number of aromatic amines is 3. The second-order valence-electron chi connectivity index (χ2n) is 5.13. The molecule has 0 saturated heterocycles. The van der Waals surface area contributed by atoms with Crippen molar-refractivity contribution in [2.75, 3.05) is 0 Å². The van der Waals surface area contributed by atoms with Gasteiger partial charge in [0, 0.05) is 28.4 Å². The Hall–Kier alpha value is -3.00. The Morgan fingerprint density at radius 3 is 2.91 bits per heavy atom. The van der Waals surface area contributed by atoms with Crippen molar-refractivity contribution in [3.8, 4) is 11.5 Å². The molecule has 7 nitrogen and oxygen atoms in total. The van der Waals surface area contributed by atoms with E-state index in [1.54, 1.807) is 10.9 Å². The van der Waals surface area contributed by atoms with Crippen molar-refractivity contribution in [3.63, 3.8) is 0 Å². The van der Waals surface area contributed by atoms with Gasteiger partial charge in [-0.2, -0.15) is 20.0 Å². The fraction of sp³-hybridized carbons (Fsp3) is 0.0667. The number of benzene rings is 1. The van der Waals surface area contributed by atoms with E-state index in [1.165, 1.54) is 0 Å². The second kappa shape index (κ2) is 5.33. The van der Waals surface area contributed by atoms with E-state index in [2.05, 4.69) is 30.5 Å². The number of fused-ring (bicyclic) bond motifs is 1. The summed E-state index contributed by atoms with van der Waals surface area (Å²) in [5.41, 5.74) is 3.67. The topological polar surface area (TPSA) is 90.4 Å². The van der Waals surface area contributed by atoms with Crippen molar-refractivity contribution >= 4 is 29.3 Å². The molecule has 4 aromatic rings. The van der Waals surface area contributed by atoms with Gasteiger partial charge in [0.25, 0.3) is 0 Å². The summed E-state index contributed by atoms with van der Waals surface area (Å²) in [5.74, 6) is 0.565. The van der Waals surface area contributed by atoms with Gasteiger partial charge in [-0.15, -0.1) is 0 Å². The van der Waals surface area contributed by atoms with E-state index in [4.69, 9.17) is 12.2 Å². The maximum absolute atomic E-state index is 5.26. The normalized spacial score (nSPS) is 11.7. The zero-order valence-corrected chi connectivity index (χ0v) is 13.1. The highest BCUT2D eigenvalue weighted by molar-refractivity contribution is 7.71. The Morgan fingerprint density at radius 2 is 2.09 bits per heavy atom. The van der Waals surface area contributed by atoms with Gasteiger partial charge >= 0.3 is 0 Å². The number of nitrogens with zero attached hydrogens (tertiary/aromatic N) is 4. The molecule has 3 N–H and O–H groups in total. The van der Waals surface area contributed by atoms with Crippen LogP contribution in [0.3, 0.4) is 0 Å². The summed E-state index contributed by atoms with van der Waals surface area (Å²) in [7, 11) is 0. The van der Waals surface area contributed by atoms with Gasteiger partial charge in [-0.3, -0.25) is 5.10 Å². The molecule has 3 heterocycles. The first kappa shape index (κ1) is 13.6. The highest BCUT2D eigenvalue weighted by atomic mass is 32.1. The molecule has 0 aliphatic carbocycles. The number of nitrogens with one attached hydrogen (secondary N) is 3. The zero-order valence-electron chi connectivity index (χ0n) is 12.2. The fourth-order valence-electron chi connectivity index (χ4n) is 2.42. The van der Waals surface area contributed by atoms with E-state index in [-0.39, 0.29) is 0 Å². The number of para-hydroxylation sites is 1. The van der Waals surface area contributed by atoms with E-state index in [1.807, 2.05) is 43.5 Å². The van der Waals surface area contributed by atoms with Crippen LogP contribution in [0.2, 0.25) is 0 Å². The number of H-pyrrole nitrogens is 3. The van der Waals surface area contributed by atoms with Crippen molar-refractivity contribution in [1.29, 1.82) is 0 Å². The largest absolute Gasteiger partial charge is 0.361 e. The molecule has 0 spiro atoms. The zero-order chi connectivity index (χ0) is 15.8. The molecule has 0 unspecified atom stereocenters. The molecular weight excluding hydrogens is 310 g/mol. The molecule has 0 saturated carbocycles. The Labute approximate surface area is 136 Å². The third-order valence-electron chi connectivity index (χ3n) is 3.52. The van der Waals surface area contributed by atoms with Gasteiger partial charge in [0.2, 0.25) is 10.6 Å². The van der Waals surface area contributed by atoms with Gasteiger partial charge in [0.15, 0.2) is 0 Å². The average Bonchev–Trinajstić information content (AvgIpc) is 3.24. The summed E-state index contributed by atoms with van der Waals surface area (Å²) in [6.45, 7) is 1.93. The number of hydrogen-bond donors (Lipinski definition) is 3. The van der Waals surface area contributed by atoms with Crippen molar-refractivity contribution in [2.45, 2.75) is 6.92 Å². The summed E-state index contributed by atoms with van der Waals surface area (Å²) in [6, 6.07) is 9.94. The number of aromatic nitrogens is 6. The summed E-state index contributed by atoms with van der Waals surface area (Å²) >= 11 is 5.26. The third-order valence-corrected chi connectivity index (χ3v) is 3.78. The first-order valence-electron chi connectivity index (χ1n) is 7.02. The van der Waals surface area contributed by atoms with Crippen LogP contribution in [-0.4, -0.2) is 36.3 Å². The van der Waals surface area contributed by atoms with Gasteiger partial charge in [-0.1, -0.05) is 18.2 Å². The molecule has 114 valence electrons. The summed E-state index contributed by atoms with van der Waals surface area (Å²) in [6.07, 6.45) is 3.67. The van der Waals surface area contributed by atoms with Crippen LogP contribution in [-0.2, 0) is 0 Å². The van der Waals surface area contributed by atoms with Crippen molar-refractivity contribution in [1.82, 2.24) is 30.1 Å². The monoisotopic (exact) mass is 323 g/mol. The number of hydrogen-bond acceptors (Lipinski definition) is 4. The Bertz CT molecular complexity index is 1060. The van der Waals surface area contributed by atoms with Crippen LogP contribution in [0.5, 0.6) is 0 Å². The van der Waals surface area contributed by atoms with Crippen LogP contribution < -0.4 is 0 Å². The lowest BCUT2D eigenvalue weighted by molar-refractivity contribution is 0.865. The molecule has 3 aromatic heterocycles. The predicted octanol–water partition coefficient (Wildman–Crippen LogP) is 3.00. The molecule has 4 rings (SSSR count). The molecule has 1 aromatic carbocycles. The highest BCUT2D eigenvalue weighted by Gasteiger charge is 2.11. The van der Waals surface area contributed by atoms with Gasteiger partial charge in [0.1, 0.15) is 5.69 Å². The van der Waals surface area contributed by atoms with Crippen molar-refractivity contribution in [3.05, 3.63) is 52.6 Å². The quantitative estimate of drug-likeness (QED) is 0.400. The molecule has 0 amide bonds. The first-order chi connectivity index (χ1) is 11.2. The lowest BCUT2D eigenvalue weighted by atomic mass is 10.2. The van der Waals surface area contributed by atoms with Crippen LogP contribution in [0, 0.1) is 11.7 Å². The Balaban J connectivity index is 1.77. The Kier molecular flexibility index (Phi) is 3.16. The lowest BCUT2D eigenvalue weighted by Crippen LogP contribution is -1.95. The van der Waals surface area contributed by atoms with Crippen LogP contribution in [0.4, 0.5) is 0 Å².